The van der Waals surface area contributed by atoms with Crippen molar-refractivity contribution in [2.24, 2.45) is 11.8 Å². The molecule has 0 aliphatic carbocycles. The standard InChI is InChI=1S/C11H21NO/c1-8-6-12(11(3,4)5)7-10(13)9(8)2/h8-9H,6-7H2,1-5H3/p+1/t8-,9+/m0/s1. The van der Waals surface area contributed by atoms with Crippen LogP contribution < -0.4 is 4.90 Å². The van der Waals surface area contributed by atoms with Crippen molar-refractivity contribution in [3.8, 4) is 0 Å². The fourth-order valence-corrected chi connectivity index (χ4v) is 1.90. The number of piperidine rings is 1. The van der Waals surface area contributed by atoms with Gasteiger partial charge in [0, 0.05) is 11.8 Å². The molecule has 0 aromatic heterocycles. The minimum Gasteiger partial charge on any atom is -0.324 e. The molecule has 1 saturated heterocycles. The third-order valence-electron chi connectivity index (χ3n) is 3.38. The van der Waals surface area contributed by atoms with Crippen LogP contribution in [0.5, 0.6) is 0 Å². The van der Waals surface area contributed by atoms with Crippen molar-refractivity contribution in [2.75, 3.05) is 13.1 Å². The quantitative estimate of drug-likeness (QED) is 0.582. The smallest absolute Gasteiger partial charge is 0.190 e. The third-order valence-corrected chi connectivity index (χ3v) is 3.38. The molecule has 76 valence electrons. The topological polar surface area (TPSA) is 21.5 Å². The second-order valence-electron chi connectivity index (χ2n) is 5.47. The Morgan fingerprint density at radius 2 is 1.85 bits per heavy atom. The molecule has 1 unspecified atom stereocenters. The molecule has 0 saturated carbocycles. The third kappa shape index (κ3) is 2.31. The van der Waals surface area contributed by atoms with Gasteiger partial charge in [-0.3, -0.25) is 4.79 Å². The number of quaternary nitrogens is 1. The molecule has 1 aliphatic heterocycles. The van der Waals surface area contributed by atoms with E-state index in [-0.39, 0.29) is 11.5 Å². The Kier molecular flexibility index (Phi) is 2.81. The maximum atomic E-state index is 11.6. The lowest BCUT2D eigenvalue weighted by molar-refractivity contribution is -0.945. The number of hydrogen-bond acceptors (Lipinski definition) is 1. The molecule has 0 amide bonds. The predicted octanol–water partition coefficient (Wildman–Crippen LogP) is 0.525. The summed E-state index contributed by atoms with van der Waals surface area (Å²) in [5.41, 5.74) is 0.212. The first-order chi connectivity index (χ1) is 5.82. The van der Waals surface area contributed by atoms with Gasteiger partial charge in [-0.05, 0) is 20.8 Å². The molecule has 1 N–H and O–H groups in total. The van der Waals surface area contributed by atoms with E-state index in [1.807, 2.05) is 0 Å². The lowest BCUT2D eigenvalue weighted by atomic mass is 9.85. The van der Waals surface area contributed by atoms with E-state index in [4.69, 9.17) is 0 Å². The average molecular weight is 184 g/mol. The van der Waals surface area contributed by atoms with Crippen LogP contribution in [0.4, 0.5) is 0 Å². The molecule has 3 atom stereocenters. The van der Waals surface area contributed by atoms with Gasteiger partial charge in [0.15, 0.2) is 5.78 Å². The summed E-state index contributed by atoms with van der Waals surface area (Å²) in [7, 11) is 0. The maximum Gasteiger partial charge on any atom is 0.190 e. The molecule has 0 spiro atoms. The summed E-state index contributed by atoms with van der Waals surface area (Å²) in [6.07, 6.45) is 0. The maximum absolute atomic E-state index is 11.6. The van der Waals surface area contributed by atoms with Crippen molar-refractivity contribution in [2.45, 2.75) is 40.2 Å². The average Bonchev–Trinajstić information content (AvgIpc) is 1.97. The van der Waals surface area contributed by atoms with Crippen LogP contribution >= 0.6 is 0 Å². The number of hydrogen-bond donors (Lipinski definition) is 1. The molecule has 1 fully saturated rings. The summed E-state index contributed by atoms with van der Waals surface area (Å²) in [5, 5.41) is 0. The van der Waals surface area contributed by atoms with Gasteiger partial charge in [0.1, 0.15) is 6.54 Å². The second kappa shape index (κ2) is 3.41. The zero-order valence-electron chi connectivity index (χ0n) is 9.48. The van der Waals surface area contributed by atoms with Gasteiger partial charge in [-0.2, -0.15) is 0 Å². The number of carbonyl (C=O) groups excluding carboxylic acids is 1. The lowest BCUT2D eigenvalue weighted by Gasteiger charge is -2.39. The Labute approximate surface area is 81.3 Å². The van der Waals surface area contributed by atoms with Gasteiger partial charge in [0.25, 0.3) is 0 Å². The first kappa shape index (κ1) is 10.7. The van der Waals surface area contributed by atoms with Crippen LogP contribution in [-0.2, 0) is 4.79 Å². The van der Waals surface area contributed by atoms with Gasteiger partial charge in [-0.25, -0.2) is 0 Å². The Hall–Kier alpha value is -0.370. The van der Waals surface area contributed by atoms with Crippen LogP contribution in [0.3, 0.4) is 0 Å². The summed E-state index contributed by atoms with van der Waals surface area (Å²) >= 11 is 0. The minimum atomic E-state index is 0.212. The molecule has 1 heterocycles. The summed E-state index contributed by atoms with van der Waals surface area (Å²) < 4.78 is 0. The number of nitrogens with one attached hydrogen (secondary N) is 1. The van der Waals surface area contributed by atoms with Crippen LogP contribution in [0.25, 0.3) is 0 Å². The fraction of sp³-hybridized carbons (Fsp3) is 0.909. The number of ketones is 1. The van der Waals surface area contributed by atoms with E-state index in [1.165, 1.54) is 4.90 Å². The van der Waals surface area contributed by atoms with Gasteiger partial charge >= 0.3 is 0 Å². The number of likely N-dealkylation sites (tertiary alicyclic amines) is 1. The van der Waals surface area contributed by atoms with Gasteiger partial charge in [0.05, 0.1) is 12.1 Å². The Morgan fingerprint density at radius 3 is 2.23 bits per heavy atom. The van der Waals surface area contributed by atoms with Crippen LogP contribution in [0.15, 0.2) is 0 Å². The molecule has 1 rings (SSSR count). The highest BCUT2D eigenvalue weighted by molar-refractivity contribution is 5.82. The van der Waals surface area contributed by atoms with E-state index >= 15 is 0 Å². The van der Waals surface area contributed by atoms with Crippen molar-refractivity contribution < 1.29 is 9.69 Å². The first-order valence-corrected chi connectivity index (χ1v) is 5.20. The largest absolute Gasteiger partial charge is 0.324 e. The number of Topliss-reactive ketones (excluding diaryl/α,β-unsaturated/α-hetero) is 1. The van der Waals surface area contributed by atoms with Crippen molar-refractivity contribution in [3.05, 3.63) is 0 Å². The fourth-order valence-electron chi connectivity index (χ4n) is 1.90. The molecule has 13 heavy (non-hydrogen) atoms. The summed E-state index contributed by atoms with van der Waals surface area (Å²) in [5.74, 6) is 1.24. The Morgan fingerprint density at radius 1 is 1.31 bits per heavy atom. The van der Waals surface area contributed by atoms with E-state index < -0.39 is 0 Å². The summed E-state index contributed by atoms with van der Waals surface area (Å²) in [6.45, 7) is 12.7. The molecule has 1 aliphatic rings. The zero-order valence-corrected chi connectivity index (χ0v) is 9.48. The van der Waals surface area contributed by atoms with Crippen LogP contribution in [0.1, 0.15) is 34.6 Å². The van der Waals surface area contributed by atoms with Crippen molar-refractivity contribution in [1.82, 2.24) is 0 Å². The van der Waals surface area contributed by atoms with E-state index in [0.717, 1.165) is 13.1 Å². The highest BCUT2D eigenvalue weighted by atomic mass is 16.1. The first-order valence-electron chi connectivity index (χ1n) is 5.20. The molecule has 0 bridgehead atoms. The van der Waals surface area contributed by atoms with Crippen molar-refractivity contribution in [3.63, 3.8) is 0 Å². The molecule has 0 aromatic rings. The van der Waals surface area contributed by atoms with Gasteiger partial charge < -0.3 is 4.90 Å². The minimum absolute atomic E-state index is 0.212. The highest BCUT2D eigenvalue weighted by Crippen LogP contribution is 2.13. The molecule has 2 heteroatoms. The van der Waals surface area contributed by atoms with Crippen LogP contribution in [0.2, 0.25) is 0 Å². The lowest BCUT2D eigenvalue weighted by Crippen LogP contribution is -3.21. The highest BCUT2D eigenvalue weighted by Gasteiger charge is 2.37. The molecule has 0 radical (unpaired) electrons. The van der Waals surface area contributed by atoms with Gasteiger partial charge in [-0.15, -0.1) is 0 Å². The molecular formula is C11H22NO+. The molecular weight excluding hydrogens is 162 g/mol. The van der Waals surface area contributed by atoms with E-state index in [9.17, 15) is 4.79 Å². The number of rotatable bonds is 0. The van der Waals surface area contributed by atoms with E-state index in [0.29, 0.717) is 11.7 Å². The normalized spacial score (nSPS) is 36.4. The second-order valence-corrected chi connectivity index (χ2v) is 5.47. The zero-order chi connectivity index (χ0) is 10.2. The molecule has 0 aromatic carbocycles. The predicted molar refractivity (Wildman–Crippen MR) is 53.8 cm³/mol. The van der Waals surface area contributed by atoms with Gasteiger partial charge in [-0.1, -0.05) is 13.8 Å². The summed E-state index contributed by atoms with van der Waals surface area (Å²) in [6, 6.07) is 0. The van der Waals surface area contributed by atoms with Crippen molar-refractivity contribution in [1.29, 1.82) is 0 Å². The van der Waals surface area contributed by atoms with E-state index in [2.05, 4.69) is 34.6 Å². The molecule has 2 nitrogen and oxygen atoms in total. The van der Waals surface area contributed by atoms with Crippen LogP contribution in [-0.4, -0.2) is 24.4 Å². The van der Waals surface area contributed by atoms with E-state index in [1.54, 1.807) is 0 Å². The monoisotopic (exact) mass is 184 g/mol. The van der Waals surface area contributed by atoms with Crippen LogP contribution in [0, 0.1) is 11.8 Å². The Bertz CT molecular complexity index is 205. The van der Waals surface area contributed by atoms with Gasteiger partial charge in [0.2, 0.25) is 0 Å². The number of carbonyl (C=O) groups is 1. The SMILES string of the molecule is C[C@H]1C[NH+](C(C)(C)C)CC(=O)[C@@H]1C. The Balaban J connectivity index is 2.69. The van der Waals surface area contributed by atoms with Crippen molar-refractivity contribution >= 4 is 5.78 Å². The summed E-state index contributed by atoms with van der Waals surface area (Å²) in [4.78, 5) is 13.1.